The second-order valence-corrected chi connectivity index (χ2v) is 3.55. The van der Waals surface area contributed by atoms with Gasteiger partial charge < -0.3 is 4.98 Å². The zero-order chi connectivity index (χ0) is 9.97. The molecule has 0 bridgehead atoms. The van der Waals surface area contributed by atoms with Crippen molar-refractivity contribution in [3.8, 4) is 11.3 Å². The Morgan fingerprint density at radius 1 is 1.21 bits per heavy atom. The van der Waals surface area contributed by atoms with Gasteiger partial charge in [0.15, 0.2) is 0 Å². The van der Waals surface area contributed by atoms with Gasteiger partial charge in [0.05, 0.1) is 12.0 Å². The molecule has 0 spiro atoms. The summed E-state index contributed by atoms with van der Waals surface area (Å²) in [6.07, 6.45) is 1.40. The molecule has 4 heteroatoms. The van der Waals surface area contributed by atoms with Crippen molar-refractivity contribution in [2.24, 2.45) is 0 Å². The SMILES string of the molecule is O=c1[nH]cnc(-c2ccccc2)c1Br. The summed E-state index contributed by atoms with van der Waals surface area (Å²) < 4.78 is 0.464. The van der Waals surface area contributed by atoms with Crippen LogP contribution in [0.5, 0.6) is 0 Å². The summed E-state index contributed by atoms with van der Waals surface area (Å²) in [6.45, 7) is 0. The maximum absolute atomic E-state index is 11.3. The van der Waals surface area contributed by atoms with Crippen LogP contribution in [0.4, 0.5) is 0 Å². The van der Waals surface area contributed by atoms with Crippen molar-refractivity contribution in [1.82, 2.24) is 9.97 Å². The van der Waals surface area contributed by atoms with Gasteiger partial charge in [-0.15, -0.1) is 0 Å². The molecule has 2 rings (SSSR count). The second-order valence-electron chi connectivity index (χ2n) is 2.76. The van der Waals surface area contributed by atoms with Crippen LogP contribution in [-0.4, -0.2) is 9.97 Å². The molecule has 1 heterocycles. The number of aromatic nitrogens is 2. The molecule has 1 aromatic carbocycles. The highest BCUT2D eigenvalue weighted by molar-refractivity contribution is 9.10. The van der Waals surface area contributed by atoms with Crippen LogP contribution < -0.4 is 5.56 Å². The summed E-state index contributed by atoms with van der Waals surface area (Å²) in [5.74, 6) is 0. The number of rotatable bonds is 1. The fourth-order valence-electron chi connectivity index (χ4n) is 1.18. The molecule has 70 valence electrons. The number of hydrogen-bond donors (Lipinski definition) is 1. The molecule has 0 atom stereocenters. The molecule has 1 N–H and O–H groups in total. The Labute approximate surface area is 89.0 Å². The molecule has 0 radical (unpaired) electrons. The predicted octanol–water partition coefficient (Wildman–Crippen LogP) is 2.20. The first-order chi connectivity index (χ1) is 6.79. The lowest BCUT2D eigenvalue weighted by Gasteiger charge is -2.00. The molecule has 14 heavy (non-hydrogen) atoms. The van der Waals surface area contributed by atoms with Crippen molar-refractivity contribution in [1.29, 1.82) is 0 Å². The Morgan fingerprint density at radius 3 is 2.64 bits per heavy atom. The van der Waals surface area contributed by atoms with E-state index in [1.165, 1.54) is 6.33 Å². The van der Waals surface area contributed by atoms with E-state index in [-0.39, 0.29) is 5.56 Å². The zero-order valence-corrected chi connectivity index (χ0v) is 8.78. The fraction of sp³-hybridized carbons (Fsp3) is 0. The molecule has 0 amide bonds. The molecule has 0 unspecified atom stereocenters. The van der Waals surface area contributed by atoms with Gasteiger partial charge in [-0.2, -0.15) is 0 Å². The van der Waals surface area contributed by atoms with Gasteiger partial charge in [-0.05, 0) is 15.9 Å². The third kappa shape index (κ3) is 1.61. The van der Waals surface area contributed by atoms with E-state index in [4.69, 9.17) is 0 Å². The van der Waals surface area contributed by atoms with Gasteiger partial charge in [0.1, 0.15) is 4.47 Å². The summed E-state index contributed by atoms with van der Waals surface area (Å²) >= 11 is 3.21. The van der Waals surface area contributed by atoms with Crippen LogP contribution in [0.3, 0.4) is 0 Å². The van der Waals surface area contributed by atoms with Crippen molar-refractivity contribution < 1.29 is 0 Å². The van der Waals surface area contributed by atoms with Crippen LogP contribution >= 0.6 is 15.9 Å². The Kier molecular flexibility index (Phi) is 2.45. The number of nitrogens with zero attached hydrogens (tertiary/aromatic N) is 1. The topological polar surface area (TPSA) is 45.8 Å². The standard InChI is InChI=1S/C10H7BrN2O/c11-8-9(12-6-13-10(8)14)7-4-2-1-3-5-7/h1-6H,(H,12,13,14). The summed E-state index contributed by atoms with van der Waals surface area (Å²) in [7, 11) is 0. The van der Waals surface area contributed by atoms with Gasteiger partial charge in [-0.1, -0.05) is 30.3 Å². The van der Waals surface area contributed by atoms with Crippen molar-refractivity contribution in [3.05, 3.63) is 51.5 Å². The van der Waals surface area contributed by atoms with Gasteiger partial charge in [0.25, 0.3) is 5.56 Å². The maximum atomic E-state index is 11.3. The first kappa shape index (κ1) is 9.15. The molecule has 1 aromatic heterocycles. The van der Waals surface area contributed by atoms with Crippen molar-refractivity contribution >= 4 is 15.9 Å². The minimum absolute atomic E-state index is 0.168. The lowest BCUT2D eigenvalue weighted by Crippen LogP contribution is -2.08. The fourth-order valence-corrected chi connectivity index (χ4v) is 1.63. The molecule has 2 aromatic rings. The third-order valence-corrected chi connectivity index (χ3v) is 2.58. The molecule has 0 fully saturated rings. The lowest BCUT2D eigenvalue weighted by atomic mass is 10.1. The monoisotopic (exact) mass is 250 g/mol. The Bertz CT molecular complexity index is 493. The van der Waals surface area contributed by atoms with E-state index in [0.717, 1.165) is 5.56 Å². The van der Waals surface area contributed by atoms with Crippen molar-refractivity contribution in [3.63, 3.8) is 0 Å². The highest BCUT2D eigenvalue weighted by atomic mass is 79.9. The molecule has 0 saturated heterocycles. The van der Waals surface area contributed by atoms with E-state index in [0.29, 0.717) is 10.2 Å². The number of halogens is 1. The van der Waals surface area contributed by atoms with Crippen LogP contribution in [0, 0.1) is 0 Å². The zero-order valence-electron chi connectivity index (χ0n) is 7.20. The summed E-state index contributed by atoms with van der Waals surface area (Å²) in [5, 5.41) is 0. The quantitative estimate of drug-likeness (QED) is 0.844. The van der Waals surface area contributed by atoms with Crippen molar-refractivity contribution in [2.75, 3.05) is 0 Å². The molecule has 3 nitrogen and oxygen atoms in total. The second kappa shape index (κ2) is 3.75. The van der Waals surface area contributed by atoms with Crippen molar-refractivity contribution in [2.45, 2.75) is 0 Å². The van der Waals surface area contributed by atoms with E-state index in [1.54, 1.807) is 0 Å². The van der Waals surface area contributed by atoms with E-state index in [2.05, 4.69) is 25.9 Å². The van der Waals surface area contributed by atoms with Gasteiger partial charge in [-0.3, -0.25) is 4.79 Å². The van der Waals surface area contributed by atoms with Crippen LogP contribution in [0.1, 0.15) is 0 Å². The van der Waals surface area contributed by atoms with E-state index < -0.39 is 0 Å². The lowest BCUT2D eigenvalue weighted by molar-refractivity contribution is 1.10. The van der Waals surface area contributed by atoms with Gasteiger partial charge in [0, 0.05) is 5.56 Å². The number of hydrogen-bond acceptors (Lipinski definition) is 2. The average molecular weight is 251 g/mol. The molecule has 0 aliphatic carbocycles. The van der Waals surface area contributed by atoms with Crippen LogP contribution in [-0.2, 0) is 0 Å². The molecule has 0 aliphatic heterocycles. The highest BCUT2D eigenvalue weighted by Crippen LogP contribution is 2.21. The minimum atomic E-state index is -0.168. The normalized spacial score (nSPS) is 10.1. The number of aromatic amines is 1. The number of H-pyrrole nitrogens is 1. The number of benzene rings is 1. The smallest absolute Gasteiger partial charge is 0.265 e. The van der Waals surface area contributed by atoms with Crippen LogP contribution in [0.15, 0.2) is 45.9 Å². The molecular formula is C10H7BrN2O. The van der Waals surface area contributed by atoms with E-state index in [9.17, 15) is 4.79 Å². The van der Waals surface area contributed by atoms with Crippen LogP contribution in [0.25, 0.3) is 11.3 Å². The minimum Gasteiger partial charge on any atom is -0.312 e. The van der Waals surface area contributed by atoms with E-state index >= 15 is 0 Å². The van der Waals surface area contributed by atoms with E-state index in [1.807, 2.05) is 30.3 Å². The molecule has 0 aliphatic rings. The maximum Gasteiger partial charge on any atom is 0.265 e. The van der Waals surface area contributed by atoms with Gasteiger partial charge >= 0.3 is 0 Å². The summed E-state index contributed by atoms with van der Waals surface area (Å²) in [5.41, 5.74) is 1.42. The first-order valence-corrected chi connectivity index (χ1v) is 4.87. The Morgan fingerprint density at radius 2 is 1.93 bits per heavy atom. The Hall–Kier alpha value is -1.42. The molecular weight excluding hydrogens is 244 g/mol. The van der Waals surface area contributed by atoms with Gasteiger partial charge in [0.2, 0.25) is 0 Å². The first-order valence-electron chi connectivity index (χ1n) is 4.07. The Balaban J connectivity index is 2.64. The number of nitrogens with one attached hydrogen (secondary N) is 1. The van der Waals surface area contributed by atoms with Crippen LogP contribution in [0.2, 0.25) is 0 Å². The average Bonchev–Trinajstić information content (AvgIpc) is 2.23. The third-order valence-electron chi connectivity index (χ3n) is 1.84. The predicted molar refractivity (Wildman–Crippen MR) is 58.0 cm³/mol. The highest BCUT2D eigenvalue weighted by Gasteiger charge is 2.06. The molecule has 0 saturated carbocycles. The largest absolute Gasteiger partial charge is 0.312 e. The summed E-state index contributed by atoms with van der Waals surface area (Å²) in [4.78, 5) is 17.9. The van der Waals surface area contributed by atoms with Gasteiger partial charge in [-0.25, -0.2) is 4.98 Å². The summed E-state index contributed by atoms with van der Waals surface area (Å²) in [6, 6.07) is 9.55.